The molecule has 1 aliphatic rings. The molecule has 1 nitrogen and oxygen atoms in total. The van der Waals surface area contributed by atoms with Gasteiger partial charge < -0.3 is 5.32 Å². The van der Waals surface area contributed by atoms with Crippen LogP contribution in [-0.2, 0) is 0 Å². The standard InChI is InChI=1S/C17H27N/c1-5-10-18-17(14(4)15-8-9-15)16-11-12(2)6-7-13(16)3/h6-7,11,14-15,17-18H,5,8-10H2,1-4H3. The summed E-state index contributed by atoms with van der Waals surface area (Å²) >= 11 is 0. The van der Waals surface area contributed by atoms with Crippen molar-refractivity contribution < 1.29 is 0 Å². The van der Waals surface area contributed by atoms with Crippen molar-refractivity contribution in [3.8, 4) is 0 Å². The van der Waals surface area contributed by atoms with E-state index in [9.17, 15) is 0 Å². The summed E-state index contributed by atoms with van der Waals surface area (Å²) in [5.74, 6) is 1.70. The highest BCUT2D eigenvalue weighted by atomic mass is 14.9. The molecule has 1 heteroatoms. The Labute approximate surface area is 112 Å². The molecule has 1 saturated carbocycles. The van der Waals surface area contributed by atoms with Gasteiger partial charge in [0.1, 0.15) is 0 Å². The first-order valence-corrected chi connectivity index (χ1v) is 7.44. The fourth-order valence-electron chi connectivity index (χ4n) is 2.87. The lowest BCUT2D eigenvalue weighted by molar-refractivity contribution is 0.348. The third-order valence-electron chi connectivity index (χ3n) is 4.28. The average molecular weight is 245 g/mol. The third kappa shape index (κ3) is 3.14. The van der Waals surface area contributed by atoms with E-state index in [0.29, 0.717) is 6.04 Å². The summed E-state index contributed by atoms with van der Waals surface area (Å²) in [7, 11) is 0. The van der Waals surface area contributed by atoms with Gasteiger partial charge in [-0.2, -0.15) is 0 Å². The zero-order chi connectivity index (χ0) is 13.1. The van der Waals surface area contributed by atoms with Crippen LogP contribution in [0.5, 0.6) is 0 Å². The smallest absolute Gasteiger partial charge is 0.0351 e. The minimum absolute atomic E-state index is 0.539. The lowest BCUT2D eigenvalue weighted by atomic mass is 9.87. The van der Waals surface area contributed by atoms with Crippen molar-refractivity contribution in [3.05, 3.63) is 34.9 Å². The van der Waals surface area contributed by atoms with E-state index >= 15 is 0 Å². The van der Waals surface area contributed by atoms with Gasteiger partial charge in [0, 0.05) is 6.04 Å². The van der Waals surface area contributed by atoms with Gasteiger partial charge >= 0.3 is 0 Å². The summed E-state index contributed by atoms with van der Waals surface area (Å²) in [6, 6.07) is 7.40. The van der Waals surface area contributed by atoms with Crippen LogP contribution in [0.4, 0.5) is 0 Å². The van der Waals surface area contributed by atoms with E-state index in [4.69, 9.17) is 0 Å². The molecule has 1 aromatic carbocycles. The van der Waals surface area contributed by atoms with Gasteiger partial charge in [0.05, 0.1) is 0 Å². The molecule has 0 aliphatic heterocycles. The first-order chi connectivity index (χ1) is 8.63. The Bertz CT molecular complexity index is 393. The lowest BCUT2D eigenvalue weighted by Gasteiger charge is -2.27. The molecule has 18 heavy (non-hydrogen) atoms. The number of benzene rings is 1. The predicted molar refractivity (Wildman–Crippen MR) is 78.8 cm³/mol. The van der Waals surface area contributed by atoms with Crippen molar-refractivity contribution >= 4 is 0 Å². The predicted octanol–water partition coefficient (Wildman–Crippen LogP) is 4.39. The first kappa shape index (κ1) is 13.6. The Hall–Kier alpha value is -0.820. The zero-order valence-corrected chi connectivity index (χ0v) is 12.3. The molecule has 1 aliphatic carbocycles. The van der Waals surface area contributed by atoms with Crippen LogP contribution in [0.1, 0.15) is 55.8 Å². The highest BCUT2D eigenvalue weighted by molar-refractivity contribution is 5.33. The number of hydrogen-bond donors (Lipinski definition) is 1. The van der Waals surface area contributed by atoms with Crippen LogP contribution in [0.25, 0.3) is 0 Å². The summed E-state index contributed by atoms with van der Waals surface area (Å²) in [6.45, 7) is 10.2. The maximum Gasteiger partial charge on any atom is 0.0351 e. The number of rotatable bonds is 6. The quantitative estimate of drug-likeness (QED) is 0.783. The molecule has 0 heterocycles. The molecule has 0 radical (unpaired) electrons. The van der Waals surface area contributed by atoms with Gasteiger partial charge in [0.15, 0.2) is 0 Å². The van der Waals surface area contributed by atoms with Crippen LogP contribution in [0.2, 0.25) is 0 Å². The van der Waals surface area contributed by atoms with Crippen molar-refractivity contribution in [2.75, 3.05) is 6.54 Å². The molecule has 0 spiro atoms. The van der Waals surface area contributed by atoms with Crippen LogP contribution in [0.3, 0.4) is 0 Å². The van der Waals surface area contributed by atoms with E-state index in [1.54, 1.807) is 0 Å². The second-order valence-corrected chi connectivity index (χ2v) is 5.99. The van der Waals surface area contributed by atoms with E-state index in [1.165, 1.54) is 36.0 Å². The van der Waals surface area contributed by atoms with Gasteiger partial charge in [-0.3, -0.25) is 0 Å². The Morgan fingerprint density at radius 2 is 2.00 bits per heavy atom. The molecule has 1 aromatic rings. The van der Waals surface area contributed by atoms with Crippen molar-refractivity contribution in [2.45, 2.75) is 53.0 Å². The summed E-state index contributed by atoms with van der Waals surface area (Å²) < 4.78 is 0. The largest absolute Gasteiger partial charge is 0.310 e. The second kappa shape index (κ2) is 5.88. The van der Waals surface area contributed by atoms with Crippen molar-refractivity contribution in [3.63, 3.8) is 0 Å². The van der Waals surface area contributed by atoms with E-state index in [1.807, 2.05) is 0 Å². The van der Waals surface area contributed by atoms with Crippen LogP contribution in [0, 0.1) is 25.7 Å². The maximum absolute atomic E-state index is 3.77. The minimum Gasteiger partial charge on any atom is -0.310 e. The lowest BCUT2D eigenvalue weighted by Crippen LogP contribution is -2.29. The number of aryl methyl sites for hydroxylation is 2. The summed E-state index contributed by atoms with van der Waals surface area (Å²) in [5.41, 5.74) is 4.33. The summed E-state index contributed by atoms with van der Waals surface area (Å²) in [5, 5.41) is 3.77. The van der Waals surface area contributed by atoms with E-state index in [0.717, 1.165) is 18.4 Å². The highest BCUT2D eigenvalue weighted by Crippen LogP contribution is 2.43. The van der Waals surface area contributed by atoms with Crippen LogP contribution >= 0.6 is 0 Å². The Kier molecular flexibility index (Phi) is 4.45. The van der Waals surface area contributed by atoms with E-state index < -0.39 is 0 Å². The monoisotopic (exact) mass is 245 g/mol. The van der Waals surface area contributed by atoms with E-state index in [-0.39, 0.29) is 0 Å². The normalized spacial score (nSPS) is 18.7. The zero-order valence-electron chi connectivity index (χ0n) is 12.3. The molecule has 2 rings (SSSR count). The Morgan fingerprint density at radius 3 is 2.61 bits per heavy atom. The SMILES string of the molecule is CCCNC(c1cc(C)ccc1C)C(C)C1CC1. The molecule has 2 atom stereocenters. The van der Waals surface area contributed by atoms with Crippen LogP contribution < -0.4 is 5.32 Å². The molecular weight excluding hydrogens is 218 g/mol. The third-order valence-corrected chi connectivity index (χ3v) is 4.28. The van der Waals surface area contributed by atoms with Gasteiger partial charge in [-0.05, 0) is 62.6 Å². The van der Waals surface area contributed by atoms with Gasteiger partial charge in [-0.1, -0.05) is 37.6 Å². The van der Waals surface area contributed by atoms with Crippen molar-refractivity contribution in [2.24, 2.45) is 11.8 Å². The first-order valence-electron chi connectivity index (χ1n) is 7.44. The minimum atomic E-state index is 0.539. The number of nitrogens with one attached hydrogen (secondary N) is 1. The molecule has 1 N–H and O–H groups in total. The molecule has 0 bridgehead atoms. The Morgan fingerprint density at radius 1 is 1.28 bits per heavy atom. The fourth-order valence-corrected chi connectivity index (χ4v) is 2.87. The molecule has 0 aromatic heterocycles. The summed E-state index contributed by atoms with van der Waals surface area (Å²) in [6.07, 6.45) is 4.06. The molecular formula is C17H27N. The number of hydrogen-bond acceptors (Lipinski definition) is 1. The highest BCUT2D eigenvalue weighted by Gasteiger charge is 2.34. The van der Waals surface area contributed by atoms with Crippen LogP contribution in [-0.4, -0.2) is 6.54 Å². The second-order valence-electron chi connectivity index (χ2n) is 5.99. The van der Waals surface area contributed by atoms with Gasteiger partial charge in [-0.25, -0.2) is 0 Å². The summed E-state index contributed by atoms with van der Waals surface area (Å²) in [4.78, 5) is 0. The molecule has 2 unspecified atom stereocenters. The Balaban J connectivity index is 2.22. The van der Waals surface area contributed by atoms with Crippen molar-refractivity contribution in [1.82, 2.24) is 5.32 Å². The van der Waals surface area contributed by atoms with Crippen LogP contribution in [0.15, 0.2) is 18.2 Å². The van der Waals surface area contributed by atoms with E-state index in [2.05, 4.69) is 51.2 Å². The molecule has 1 fully saturated rings. The maximum atomic E-state index is 3.77. The van der Waals surface area contributed by atoms with Crippen molar-refractivity contribution in [1.29, 1.82) is 0 Å². The fraction of sp³-hybridized carbons (Fsp3) is 0.647. The average Bonchev–Trinajstić information content (AvgIpc) is 3.17. The van der Waals surface area contributed by atoms with Gasteiger partial charge in [0.25, 0.3) is 0 Å². The molecule has 0 saturated heterocycles. The van der Waals surface area contributed by atoms with Gasteiger partial charge in [0.2, 0.25) is 0 Å². The topological polar surface area (TPSA) is 12.0 Å². The molecule has 100 valence electrons. The van der Waals surface area contributed by atoms with Gasteiger partial charge in [-0.15, -0.1) is 0 Å². The molecule has 0 amide bonds.